The van der Waals surface area contributed by atoms with Gasteiger partial charge in [-0.25, -0.2) is 9.59 Å². The summed E-state index contributed by atoms with van der Waals surface area (Å²) < 4.78 is 4.95. The van der Waals surface area contributed by atoms with Gasteiger partial charge in [0.15, 0.2) is 0 Å². The molecule has 0 bridgehead atoms. The number of aliphatic hydroxyl groups excluding tert-OH is 1. The molecule has 0 aliphatic carbocycles. The number of carbonyl (C=O) groups is 2. The van der Waals surface area contributed by atoms with Gasteiger partial charge in [0.25, 0.3) is 0 Å². The molecule has 0 saturated carbocycles. The van der Waals surface area contributed by atoms with Crippen LogP contribution in [-0.2, 0) is 9.53 Å². The molecule has 1 heterocycles. The SMILES string of the molecule is CCOC(=O)C1=C(CN(C)CC(C)O)NC(=O)NC1. The average molecular weight is 271 g/mol. The highest BCUT2D eigenvalue weighted by molar-refractivity contribution is 5.93. The second-order valence-corrected chi connectivity index (χ2v) is 4.53. The molecule has 0 spiro atoms. The van der Waals surface area contributed by atoms with Crippen LogP contribution >= 0.6 is 0 Å². The van der Waals surface area contributed by atoms with Crippen molar-refractivity contribution in [2.45, 2.75) is 20.0 Å². The highest BCUT2D eigenvalue weighted by Gasteiger charge is 2.24. The minimum Gasteiger partial charge on any atom is -0.463 e. The highest BCUT2D eigenvalue weighted by atomic mass is 16.5. The summed E-state index contributed by atoms with van der Waals surface area (Å²) in [4.78, 5) is 24.9. The first kappa shape index (κ1) is 15.5. The van der Waals surface area contributed by atoms with Crippen molar-refractivity contribution in [3.63, 3.8) is 0 Å². The number of nitrogens with one attached hydrogen (secondary N) is 2. The minimum atomic E-state index is -0.478. The van der Waals surface area contributed by atoms with Gasteiger partial charge in [0.2, 0.25) is 0 Å². The van der Waals surface area contributed by atoms with Crippen LogP contribution in [-0.4, -0.2) is 61.4 Å². The van der Waals surface area contributed by atoms with Crippen LogP contribution in [0.4, 0.5) is 4.79 Å². The third-order valence-corrected chi connectivity index (χ3v) is 2.58. The van der Waals surface area contributed by atoms with Gasteiger partial charge >= 0.3 is 12.0 Å². The number of nitrogens with zero attached hydrogens (tertiary/aromatic N) is 1. The fraction of sp³-hybridized carbons (Fsp3) is 0.667. The number of urea groups is 1. The molecule has 3 N–H and O–H groups in total. The van der Waals surface area contributed by atoms with Crippen molar-refractivity contribution in [2.75, 3.05) is 33.3 Å². The molecule has 0 aromatic rings. The molecule has 1 atom stereocenters. The van der Waals surface area contributed by atoms with E-state index >= 15 is 0 Å². The number of hydrogen-bond acceptors (Lipinski definition) is 5. The molecule has 1 unspecified atom stereocenters. The summed E-state index contributed by atoms with van der Waals surface area (Å²) in [6.45, 7) is 4.66. The first-order valence-corrected chi connectivity index (χ1v) is 6.24. The standard InChI is InChI=1S/C12H21N3O4/c1-4-19-11(17)9-5-13-12(18)14-10(9)7-15(3)6-8(2)16/h8,16H,4-7H2,1-3H3,(H2,13,14,18). The van der Waals surface area contributed by atoms with Crippen LogP contribution in [0.5, 0.6) is 0 Å². The molecule has 0 aromatic carbocycles. The van der Waals surface area contributed by atoms with Gasteiger partial charge in [-0.05, 0) is 20.9 Å². The molecule has 7 nitrogen and oxygen atoms in total. The van der Waals surface area contributed by atoms with Crippen LogP contribution in [0, 0.1) is 0 Å². The maximum atomic E-state index is 11.8. The Morgan fingerprint density at radius 3 is 2.84 bits per heavy atom. The quantitative estimate of drug-likeness (QED) is 0.563. The Kier molecular flexibility index (Phi) is 5.78. The fourth-order valence-corrected chi connectivity index (χ4v) is 1.87. The number of aliphatic hydroxyl groups is 1. The van der Waals surface area contributed by atoms with Crippen LogP contribution < -0.4 is 10.6 Å². The van der Waals surface area contributed by atoms with Gasteiger partial charge in [-0.15, -0.1) is 0 Å². The predicted octanol–water partition coefficient (Wildman–Crippen LogP) is -0.571. The Hall–Kier alpha value is -1.60. The number of esters is 1. The van der Waals surface area contributed by atoms with Crippen molar-refractivity contribution in [3.05, 3.63) is 11.3 Å². The van der Waals surface area contributed by atoms with E-state index in [-0.39, 0.29) is 19.2 Å². The molecular formula is C12H21N3O4. The second kappa shape index (κ2) is 7.10. The van der Waals surface area contributed by atoms with Crippen LogP contribution in [0.1, 0.15) is 13.8 Å². The summed E-state index contributed by atoms with van der Waals surface area (Å²) in [6, 6.07) is -0.339. The van der Waals surface area contributed by atoms with Crippen molar-refractivity contribution in [2.24, 2.45) is 0 Å². The van der Waals surface area contributed by atoms with E-state index in [2.05, 4.69) is 10.6 Å². The van der Waals surface area contributed by atoms with Gasteiger partial charge < -0.3 is 20.5 Å². The fourth-order valence-electron chi connectivity index (χ4n) is 1.87. The lowest BCUT2D eigenvalue weighted by molar-refractivity contribution is -0.138. The van der Waals surface area contributed by atoms with Gasteiger partial charge in [0.05, 0.1) is 24.8 Å². The Balaban J connectivity index is 2.80. The highest BCUT2D eigenvalue weighted by Crippen LogP contribution is 2.09. The maximum absolute atomic E-state index is 11.8. The first-order chi connectivity index (χ1) is 8.93. The van der Waals surface area contributed by atoms with E-state index in [1.54, 1.807) is 20.9 Å². The van der Waals surface area contributed by atoms with Crippen molar-refractivity contribution in [3.8, 4) is 0 Å². The third-order valence-electron chi connectivity index (χ3n) is 2.58. The summed E-state index contributed by atoms with van der Waals surface area (Å²) in [5, 5.41) is 14.5. The molecular weight excluding hydrogens is 250 g/mol. The Morgan fingerprint density at radius 2 is 2.26 bits per heavy atom. The topological polar surface area (TPSA) is 90.9 Å². The van der Waals surface area contributed by atoms with E-state index in [4.69, 9.17) is 4.74 Å². The summed E-state index contributed by atoms with van der Waals surface area (Å²) in [5.41, 5.74) is 0.934. The van der Waals surface area contributed by atoms with Crippen molar-refractivity contribution in [1.82, 2.24) is 15.5 Å². The zero-order chi connectivity index (χ0) is 14.4. The number of carbonyl (C=O) groups excluding carboxylic acids is 2. The predicted molar refractivity (Wildman–Crippen MR) is 69.4 cm³/mol. The molecule has 1 aliphatic heterocycles. The first-order valence-electron chi connectivity index (χ1n) is 6.24. The smallest absolute Gasteiger partial charge is 0.337 e. The molecule has 108 valence electrons. The molecule has 0 radical (unpaired) electrons. The van der Waals surface area contributed by atoms with Gasteiger partial charge in [-0.1, -0.05) is 0 Å². The molecule has 0 fully saturated rings. The van der Waals surface area contributed by atoms with Crippen LogP contribution in [0.3, 0.4) is 0 Å². The molecule has 1 aliphatic rings. The van der Waals surface area contributed by atoms with Crippen LogP contribution in [0.25, 0.3) is 0 Å². The number of hydrogen-bond donors (Lipinski definition) is 3. The lowest BCUT2D eigenvalue weighted by atomic mass is 10.1. The van der Waals surface area contributed by atoms with Crippen LogP contribution in [0.2, 0.25) is 0 Å². The van der Waals surface area contributed by atoms with Crippen LogP contribution in [0.15, 0.2) is 11.3 Å². The lowest BCUT2D eigenvalue weighted by Gasteiger charge is -2.25. The molecule has 7 heteroatoms. The summed E-state index contributed by atoms with van der Waals surface area (Å²) in [7, 11) is 1.80. The van der Waals surface area contributed by atoms with Gasteiger partial charge in [-0.3, -0.25) is 4.90 Å². The normalized spacial score (nSPS) is 17.0. The van der Waals surface area contributed by atoms with Gasteiger partial charge in [0.1, 0.15) is 0 Å². The van der Waals surface area contributed by atoms with E-state index in [9.17, 15) is 14.7 Å². The third kappa shape index (κ3) is 4.88. The summed E-state index contributed by atoms with van der Waals surface area (Å²) >= 11 is 0. The average Bonchev–Trinajstić information content (AvgIpc) is 2.27. The second-order valence-electron chi connectivity index (χ2n) is 4.53. The van der Waals surface area contributed by atoms with Crippen molar-refractivity contribution < 1.29 is 19.4 Å². The van der Waals surface area contributed by atoms with Crippen molar-refractivity contribution in [1.29, 1.82) is 0 Å². The van der Waals surface area contributed by atoms with Gasteiger partial charge in [-0.2, -0.15) is 0 Å². The number of likely N-dealkylation sites (N-methyl/N-ethyl adjacent to an activating group) is 1. The number of rotatable bonds is 6. The molecule has 1 rings (SSSR count). The lowest BCUT2D eigenvalue weighted by Crippen LogP contribution is -2.47. The monoisotopic (exact) mass is 271 g/mol. The zero-order valence-corrected chi connectivity index (χ0v) is 11.5. The van der Waals surface area contributed by atoms with E-state index in [1.807, 2.05) is 4.90 Å². The Bertz CT molecular complexity index is 379. The maximum Gasteiger partial charge on any atom is 0.337 e. The van der Waals surface area contributed by atoms with E-state index in [0.29, 0.717) is 24.4 Å². The van der Waals surface area contributed by atoms with E-state index < -0.39 is 12.1 Å². The Morgan fingerprint density at radius 1 is 1.58 bits per heavy atom. The Labute approximate surface area is 112 Å². The molecule has 0 saturated heterocycles. The zero-order valence-electron chi connectivity index (χ0n) is 11.5. The summed E-state index contributed by atoms with van der Waals surface area (Å²) in [6.07, 6.45) is -0.478. The molecule has 0 aromatic heterocycles. The number of ether oxygens (including phenoxy) is 1. The molecule has 2 amide bonds. The summed E-state index contributed by atoms with van der Waals surface area (Å²) in [5.74, 6) is -0.435. The number of amides is 2. The van der Waals surface area contributed by atoms with E-state index in [0.717, 1.165) is 0 Å². The van der Waals surface area contributed by atoms with Crippen molar-refractivity contribution >= 4 is 12.0 Å². The van der Waals surface area contributed by atoms with E-state index in [1.165, 1.54) is 0 Å². The largest absolute Gasteiger partial charge is 0.463 e. The molecule has 19 heavy (non-hydrogen) atoms. The van der Waals surface area contributed by atoms with Gasteiger partial charge in [0, 0.05) is 18.8 Å². The minimum absolute atomic E-state index is 0.155.